The van der Waals surface area contributed by atoms with Crippen LogP contribution in [0.5, 0.6) is 5.75 Å². The van der Waals surface area contributed by atoms with E-state index in [1.165, 1.54) is 24.4 Å². The second kappa shape index (κ2) is 8.96. The Morgan fingerprint density at radius 2 is 2.00 bits per heavy atom. The van der Waals surface area contributed by atoms with Gasteiger partial charge in [-0.25, -0.2) is 5.43 Å². The molecule has 0 atom stereocenters. The number of nitrogens with zero attached hydrogens (tertiary/aromatic N) is 2. The Bertz CT molecular complexity index is 820. The van der Waals surface area contributed by atoms with Crippen molar-refractivity contribution in [2.75, 3.05) is 6.61 Å². The molecule has 1 N–H and O–H groups in total. The first-order chi connectivity index (χ1) is 12.4. The summed E-state index contributed by atoms with van der Waals surface area (Å²) in [5, 5.41) is 14.9. The molecule has 0 radical (unpaired) electrons. The highest BCUT2D eigenvalue weighted by Crippen LogP contribution is 2.20. The third-order valence-electron chi connectivity index (χ3n) is 3.26. The Kier molecular flexibility index (Phi) is 6.68. The molecule has 8 heteroatoms. The number of rotatable bonds is 7. The SMILES string of the molecule is CC(C)COc1ccc(C(=O)NN=Cc2cc([N+](=O)[O-])ccc2Cl)cc1. The Morgan fingerprint density at radius 1 is 1.31 bits per heavy atom. The van der Waals surface area contributed by atoms with E-state index in [0.29, 0.717) is 34.4 Å². The van der Waals surface area contributed by atoms with Crippen molar-refractivity contribution in [3.8, 4) is 5.75 Å². The number of carbonyl (C=O) groups is 1. The molecule has 7 nitrogen and oxygen atoms in total. The van der Waals surface area contributed by atoms with Crippen LogP contribution in [-0.4, -0.2) is 23.7 Å². The lowest BCUT2D eigenvalue weighted by atomic mass is 10.2. The maximum Gasteiger partial charge on any atom is 0.271 e. The Hall–Kier alpha value is -2.93. The third-order valence-corrected chi connectivity index (χ3v) is 3.60. The molecule has 0 unspecified atom stereocenters. The summed E-state index contributed by atoms with van der Waals surface area (Å²) in [5.41, 5.74) is 2.98. The number of ether oxygens (including phenoxy) is 1. The lowest BCUT2D eigenvalue weighted by Crippen LogP contribution is -2.17. The van der Waals surface area contributed by atoms with Gasteiger partial charge in [-0.15, -0.1) is 0 Å². The van der Waals surface area contributed by atoms with E-state index in [4.69, 9.17) is 16.3 Å². The van der Waals surface area contributed by atoms with Gasteiger partial charge < -0.3 is 4.74 Å². The van der Waals surface area contributed by atoms with Crippen molar-refractivity contribution in [3.63, 3.8) is 0 Å². The first kappa shape index (κ1) is 19.4. The number of amides is 1. The largest absolute Gasteiger partial charge is 0.493 e. The van der Waals surface area contributed by atoms with Crippen molar-refractivity contribution in [1.82, 2.24) is 5.43 Å². The zero-order valence-electron chi connectivity index (χ0n) is 14.3. The topological polar surface area (TPSA) is 93.8 Å². The highest BCUT2D eigenvalue weighted by molar-refractivity contribution is 6.33. The van der Waals surface area contributed by atoms with Gasteiger partial charge in [-0.05, 0) is 36.2 Å². The van der Waals surface area contributed by atoms with Crippen molar-refractivity contribution in [1.29, 1.82) is 0 Å². The summed E-state index contributed by atoms with van der Waals surface area (Å²) in [5.74, 6) is 0.674. The molecule has 2 aromatic carbocycles. The summed E-state index contributed by atoms with van der Waals surface area (Å²) in [6.07, 6.45) is 1.26. The number of nitro groups is 1. The highest BCUT2D eigenvalue weighted by atomic mass is 35.5. The molecule has 0 bridgehead atoms. The monoisotopic (exact) mass is 375 g/mol. The molecule has 0 spiro atoms. The lowest BCUT2D eigenvalue weighted by molar-refractivity contribution is -0.384. The second-order valence-electron chi connectivity index (χ2n) is 5.89. The minimum atomic E-state index is -0.533. The van der Waals surface area contributed by atoms with Gasteiger partial charge in [0.1, 0.15) is 5.75 Å². The molecule has 0 aliphatic heterocycles. The third kappa shape index (κ3) is 5.56. The van der Waals surface area contributed by atoms with Crippen LogP contribution in [0.2, 0.25) is 5.02 Å². The molecule has 0 heterocycles. The van der Waals surface area contributed by atoms with E-state index in [9.17, 15) is 14.9 Å². The normalized spacial score (nSPS) is 10.9. The predicted molar refractivity (Wildman–Crippen MR) is 99.9 cm³/mol. The zero-order valence-corrected chi connectivity index (χ0v) is 15.1. The van der Waals surface area contributed by atoms with Crippen molar-refractivity contribution in [3.05, 3.63) is 68.7 Å². The molecule has 2 aromatic rings. The molecule has 136 valence electrons. The minimum absolute atomic E-state index is 0.112. The number of nitro benzene ring substituents is 1. The van der Waals surface area contributed by atoms with Crippen molar-refractivity contribution in [2.24, 2.45) is 11.0 Å². The van der Waals surface area contributed by atoms with Gasteiger partial charge in [-0.2, -0.15) is 5.10 Å². The molecule has 26 heavy (non-hydrogen) atoms. The molecule has 2 rings (SSSR count). The van der Waals surface area contributed by atoms with Gasteiger partial charge in [-0.1, -0.05) is 25.4 Å². The van der Waals surface area contributed by atoms with Crippen molar-refractivity contribution < 1.29 is 14.5 Å². The van der Waals surface area contributed by atoms with Crippen LogP contribution in [0.1, 0.15) is 29.8 Å². The molecule has 0 fully saturated rings. The van der Waals surface area contributed by atoms with Crippen LogP contribution in [-0.2, 0) is 0 Å². The van der Waals surface area contributed by atoms with Gasteiger partial charge in [0.05, 0.1) is 17.7 Å². The van der Waals surface area contributed by atoms with Crippen LogP contribution < -0.4 is 10.2 Å². The van der Waals surface area contributed by atoms with Gasteiger partial charge in [0.2, 0.25) is 0 Å². The number of hydrogen-bond acceptors (Lipinski definition) is 5. The molecule has 0 saturated carbocycles. The quantitative estimate of drug-likeness (QED) is 0.448. The smallest absolute Gasteiger partial charge is 0.271 e. The fourth-order valence-electron chi connectivity index (χ4n) is 1.93. The predicted octanol–water partition coefficient (Wildman–Crippen LogP) is 4.05. The van der Waals surface area contributed by atoms with Gasteiger partial charge in [0.15, 0.2) is 0 Å². The lowest BCUT2D eigenvalue weighted by Gasteiger charge is -2.08. The highest BCUT2D eigenvalue weighted by Gasteiger charge is 2.09. The van der Waals surface area contributed by atoms with E-state index >= 15 is 0 Å². The minimum Gasteiger partial charge on any atom is -0.493 e. The van der Waals surface area contributed by atoms with Gasteiger partial charge in [-0.3, -0.25) is 14.9 Å². The first-order valence-electron chi connectivity index (χ1n) is 7.87. The van der Waals surface area contributed by atoms with Crippen LogP contribution in [0.3, 0.4) is 0 Å². The maximum absolute atomic E-state index is 12.1. The summed E-state index contributed by atoms with van der Waals surface area (Å²) in [4.78, 5) is 22.3. The summed E-state index contributed by atoms with van der Waals surface area (Å²) >= 11 is 5.96. The summed E-state index contributed by atoms with van der Waals surface area (Å²) in [6.45, 7) is 4.70. The number of hydrogen-bond donors (Lipinski definition) is 1. The Morgan fingerprint density at radius 3 is 2.62 bits per heavy atom. The molecular formula is C18H18ClN3O4. The average Bonchev–Trinajstić information content (AvgIpc) is 2.61. The van der Waals surface area contributed by atoms with Crippen LogP contribution >= 0.6 is 11.6 Å². The second-order valence-corrected chi connectivity index (χ2v) is 6.30. The number of nitrogens with one attached hydrogen (secondary N) is 1. The molecule has 1 amide bonds. The summed E-state index contributed by atoms with van der Waals surface area (Å²) in [6, 6.07) is 10.6. The Balaban J connectivity index is 1.99. The van der Waals surface area contributed by atoms with Crippen LogP contribution in [0.15, 0.2) is 47.6 Å². The van der Waals surface area contributed by atoms with E-state index in [0.717, 1.165) is 0 Å². The standard InChI is InChI=1S/C18H18ClN3O4/c1-12(2)11-26-16-6-3-13(4-7-16)18(23)21-20-10-14-9-15(22(24)25)5-8-17(14)19/h3-10,12H,11H2,1-2H3,(H,21,23). The van der Waals surface area contributed by atoms with E-state index in [-0.39, 0.29) is 5.69 Å². The number of hydrazone groups is 1. The van der Waals surface area contributed by atoms with Gasteiger partial charge >= 0.3 is 0 Å². The number of non-ortho nitro benzene ring substituents is 1. The fourth-order valence-corrected chi connectivity index (χ4v) is 2.10. The van der Waals surface area contributed by atoms with Crippen molar-refractivity contribution in [2.45, 2.75) is 13.8 Å². The van der Waals surface area contributed by atoms with Crippen molar-refractivity contribution >= 4 is 29.4 Å². The van der Waals surface area contributed by atoms with Gasteiger partial charge in [0.25, 0.3) is 11.6 Å². The molecule has 0 aromatic heterocycles. The van der Waals surface area contributed by atoms with E-state index in [2.05, 4.69) is 10.5 Å². The van der Waals surface area contributed by atoms with Gasteiger partial charge in [0, 0.05) is 28.3 Å². The fraction of sp³-hybridized carbons (Fsp3) is 0.222. The first-order valence-corrected chi connectivity index (χ1v) is 8.25. The zero-order chi connectivity index (χ0) is 19.1. The average molecular weight is 376 g/mol. The van der Waals surface area contributed by atoms with Crippen LogP contribution in [0.25, 0.3) is 0 Å². The van der Waals surface area contributed by atoms with E-state index in [1.54, 1.807) is 24.3 Å². The van der Waals surface area contributed by atoms with E-state index in [1.807, 2.05) is 13.8 Å². The molecule has 0 aliphatic rings. The number of benzene rings is 2. The summed E-state index contributed by atoms with van der Waals surface area (Å²) in [7, 11) is 0. The molecule has 0 saturated heterocycles. The molecular weight excluding hydrogens is 358 g/mol. The molecule has 0 aliphatic carbocycles. The maximum atomic E-state index is 12.1. The Labute approximate surface area is 155 Å². The van der Waals surface area contributed by atoms with E-state index < -0.39 is 10.8 Å². The van der Waals surface area contributed by atoms with Crippen LogP contribution in [0, 0.1) is 16.0 Å². The van der Waals surface area contributed by atoms with Crippen LogP contribution in [0.4, 0.5) is 5.69 Å². The number of carbonyl (C=O) groups excluding carboxylic acids is 1. The summed E-state index contributed by atoms with van der Waals surface area (Å²) < 4.78 is 5.55. The number of halogens is 1.